The number of carbonyl (C=O) groups is 3. The number of carbonyl (C=O) groups excluding carboxylic acids is 3. The van der Waals surface area contributed by atoms with Gasteiger partial charge in [-0.2, -0.15) is 0 Å². The van der Waals surface area contributed by atoms with Crippen molar-refractivity contribution in [3.63, 3.8) is 0 Å². The minimum Gasteiger partial charge on any atom is -0.368 e. The van der Waals surface area contributed by atoms with Crippen LogP contribution in [0.25, 0.3) is 16.2 Å². The molecule has 0 saturated carbocycles. The van der Waals surface area contributed by atoms with Crippen LogP contribution < -0.4 is 11.5 Å². The van der Waals surface area contributed by atoms with E-state index in [4.69, 9.17) is 23.1 Å². The summed E-state index contributed by atoms with van der Waals surface area (Å²) in [5, 5.41) is 1.45. The van der Waals surface area contributed by atoms with Gasteiger partial charge >= 0.3 is 0 Å². The Morgan fingerprint density at radius 3 is 2.30 bits per heavy atom. The number of hydrogen-bond donors (Lipinski definition) is 2. The van der Waals surface area contributed by atoms with E-state index in [1.807, 2.05) is 24.3 Å². The molecule has 2 rings (SSSR count). The van der Waals surface area contributed by atoms with Crippen LogP contribution in [0.2, 0.25) is 5.02 Å². The molecule has 0 radical (unpaired) electrons. The summed E-state index contributed by atoms with van der Waals surface area (Å²) in [6.45, 7) is -0.765. The zero-order valence-electron chi connectivity index (χ0n) is 12.0. The van der Waals surface area contributed by atoms with Crippen LogP contribution in [-0.2, 0) is 14.4 Å². The Kier molecular flexibility index (Phi) is 5.36. The molecule has 23 heavy (non-hydrogen) atoms. The fourth-order valence-corrected chi connectivity index (χ4v) is 3.38. The van der Waals surface area contributed by atoms with Gasteiger partial charge in [0.25, 0.3) is 0 Å². The zero-order chi connectivity index (χ0) is 17.0. The summed E-state index contributed by atoms with van der Waals surface area (Å²) in [5.74, 6) is -2.00. The van der Waals surface area contributed by atoms with Crippen LogP contribution in [0, 0.1) is 0 Å². The van der Waals surface area contributed by atoms with Crippen molar-refractivity contribution in [1.82, 2.24) is 4.90 Å². The molecule has 0 fully saturated rings. The van der Waals surface area contributed by atoms with E-state index in [0.29, 0.717) is 9.90 Å². The second-order valence-corrected chi connectivity index (χ2v) is 6.20. The van der Waals surface area contributed by atoms with Crippen molar-refractivity contribution in [2.45, 2.75) is 0 Å². The van der Waals surface area contributed by atoms with Gasteiger partial charge in [0.05, 0.1) is 5.02 Å². The molecule has 2 aromatic rings. The molecule has 0 spiro atoms. The Morgan fingerprint density at radius 1 is 1.13 bits per heavy atom. The lowest BCUT2D eigenvalue weighted by molar-refractivity contribution is -0.134. The summed E-state index contributed by atoms with van der Waals surface area (Å²) < 4.78 is 0.996. The summed E-state index contributed by atoms with van der Waals surface area (Å²) in [6, 6.07) is 7.59. The number of thiophene rings is 1. The van der Waals surface area contributed by atoms with Crippen molar-refractivity contribution in [3.05, 3.63) is 40.2 Å². The van der Waals surface area contributed by atoms with Crippen LogP contribution in [0.5, 0.6) is 0 Å². The first kappa shape index (κ1) is 17.0. The molecule has 1 heterocycles. The summed E-state index contributed by atoms with van der Waals surface area (Å²) >= 11 is 7.71. The number of benzene rings is 1. The van der Waals surface area contributed by atoms with Crippen molar-refractivity contribution in [1.29, 1.82) is 0 Å². The van der Waals surface area contributed by atoms with Gasteiger partial charge < -0.3 is 16.4 Å². The molecule has 0 bridgehead atoms. The highest BCUT2D eigenvalue weighted by Crippen LogP contribution is 2.35. The number of rotatable bonds is 6. The van der Waals surface area contributed by atoms with Crippen LogP contribution in [0.1, 0.15) is 4.88 Å². The lowest BCUT2D eigenvalue weighted by atomic mass is 10.2. The number of primary amides is 2. The minimum absolute atomic E-state index is 0.383. The van der Waals surface area contributed by atoms with E-state index in [1.165, 1.54) is 17.4 Å². The molecule has 0 aliphatic rings. The van der Waals surface area contributed by atoms with Crippen LogP contribution in [0.3, 0.4) is 0 Å². The quantitative estimate of drug-likeness (QED) is 0.767. The van der Waals surface area contributed by atoms with Gasteiger partial charge in [0, 0.05) is 21.0 Å². The molecule has 0 aliphatic carbocycles. The molecule has 1 aromatic carbocycles. The Hall–Kier alpha value is -2.38. The van der Waals surface area contributed by atoms with Gasteiger partial charge in [0.2, 0.25) is 17.7 Å². The normalized spacial score (nSPS) is 11.0. The lowest BCUT2D eigenvalue weighted by Gasteiger charge is -2.17. The van der Waals surface area contributed by atoms with Crippen LogP contribution in [0.4, 0.5) is 0 Å². The van der Waals surface area contributed by atoms with E-state index in [0.717, 1.165) is 15.0 Å². The maximum atomic E-state index is 12.1. The molecular formula is C15H14ClN3O3S. The Morgan fingerprint density at radius 2 is 1.74 bits per heavy atom. The molecule has 120 valence electrons. The summed E-state index contributed by atoms with van der Waals surface area (Å²) in [5.41, 5.74) is 10.1. The largest absolute Gasteiger partial charge is 0.368 e. The Balaban J connectivity index is 2.21. The Bertz CT molecular complexity index is 784. The average molecular weight is 352 g/mol. The smallest absolute Gasteiger partial charge is 0.247 e. The molecule has 0 unspecified atom stereocenters. The average Bonchev–Trinajstić information content (AvgIpc) is 2.80. The van der Waals surface area contributed by atoms with E-state index in [-0.39, 0.29) is 13.1 Å². The number of nitrogens with two attached hydrogens (primary N) is 2. The van der Waals surface area contributed by atoms with Crippen molar-refractivity contribution >= 4 is 56.8 Å². The first-order valence-electron chi connectivity index (χ1n) is 6.59. The third-order valence-electron chi connectivity index (χ3n) is 2.94. The number of halogens is 1. The van der Waals surface area contributed by atoms with Crippen LogP contribution in [-0.4, -0.2) is 35.7 Å². The predicted molar refractivity (Wildman–Crippen MR) is 90.8 cm³/mol. The van der Waals surface area contributed by atoms with Gasteiger partial charge in [0.1, 0.15) is 13.1 Å². The number of nitrogens with zero attached hydrogens (tertiary/aromatic N) is 1. The van der Waals surface area contributed by atoms with Crippen LogP contribution >= 0.6 is 22.9 Å². The van der Waals surface area contributed by atoms with E-state index >= 15 is 0 Å². The molecule has 8 heteroatoms. The van der Waals surface area contributed by atoms with Crippen molar-refractivity contribution in [3.8, 4) is 0 Å². The van der Waals surface area contributed by atoms with Gasteiger partial charge in [-0.15, -0.1) is 11.3 Å². The summed E-state index contributed by atoms with van der Waals surface area (Å²) in [7, 11) is 0. The topological polar surface area (TPSA) is 106 Å². The van der Waals surface area contributed by atoms with Crippen LogP contribution in [0.15, 0.2) is 30.3 Å². The highest BCUT2D eigenvalue weighted by molar-refractivity contribution is 7.20. The predicted octanol–water partition coefficient (Wildman–Crippen LogP) is 1.37. The SMILES string of the molecule is NC(=O)CN(CC(N)=O)C(=O)C=Cc1sc2ccccc2c1Cl. The van der Waals surface area contributed by atoms with E-state index in [2.05, 4.69) is 0 Å². The summed E-state index contributed by atoms with van der Waals surface area (Å²) in [4.78, 5) is 35.7. The molecule has 0 atom stereocenters. The van der Waals surface area contributed by atoms with Gasteiger partial charge in [-0.25, -0.2) is 0 Å². The first-order valence-corrected chi connectivity index (χ1v) is 7.78. The van der Waals surface area contributed by atoms with Crippen molar-refractivity contribution in [2.75, 3.05) is 13.1 Å². The third kappa shape index (κ3) is 4.30. The van der Waals surface area contributed by atoms with Gasteiger partial charge in [0.15, 0.2) is 0 Å². The minimum atomic E-state index is -0.729. The number of fused-ring (bicyclic) bond motifs is 1. The number of amides is 3. The second-order valence-electron chi connectivity index (χ2n) is 4.74. The molecule has 3 amide bonds. The second kappa shape index (κ2) is 7.26. The van der Waals surface area contributed by atoms with E-state index in [9.17, 15) is 14.4 Å². The molecule has 6 nitrogen and oxygen atoms in total. The van der Waals surface area contributed by atoms with Crippen molar-refractivity contribution < 1.29 is 14.4 Å². The first-order chi connectivity index (χ1) is 10.9. The molecular weight excluding hydrogens is 338 g/mol. The van der Waals surface area contributed by atoms with Gasteiger partial charge in [-0.1, -0.05) is 29.8 Å². The number of hydrogen-bond acceptors (Lipinski definition) is 4. The maximum Gasteiger partial charge on any atom is 0.247 e. The Labute approximate surface area is 141 Å². The molecule has 0 saturated heterocycles. The molecule has 0 aliphatic heterocycles. The summed E-state index contributed by atoms with van der Waals surface area (Å²) in [6.07, 6.45) is 2.78. The lowest BCUT2D eigenvalue weighted by Crippen LogP contribution is -2.42. The highest BCUT2D eigenvalue weighted by atomic mass is 35.5. The third-order valence-corrected chi connectivity index (χ3v) is 4.60. The fourth-order valence-electron chi connectivity index (χ4n) is 1.98. The molecule has 1 aromatic heterocycles. The van der Waals surface area contributed by atoms with E-state index in [1.54, 1.807) is 6.08 Å². The van der Waals surface area contributed by atoms with Crippen molar-refractivity contribution in [2.24, 2.45) is 11.5 Å². The van der Waals surface area contributed by atoms with E-state index < -0.39 is 17.7 Å². The highest BCUT2D eigenvalue weighted by Gasteiger charge is 2.16. The maximum absolute atomic E-state index is 12.1. The standard InChI is InChI=1S/C15H14ClN3O3S/c16-15-9-3-1-2-4-10(9)23-11(15)5-6-14(22)19(7-12(17)20)8-13(18)21/h1-6H,7-8H2,(H2,17,20)(H2,18,21). The fraction of sp³-hybridized carbons (Fsp3) is 0.133. The zero-order valence-corrected chi connectivity index (χ0v) is 13.6. The monoisotopic (exact) mass is 351 g/mol. The van der Waals surface area contributed by atoms with Gasteiger partial charge in [-0.05, 0) is 12.1 Å². The molecule has 4 N–H and O–H groups in total. The van der Waals surface area contributed by atoms with Gasteiger partial charge in [-0.3, -0.25) is 14.4 Å².